The molecule has 0 aromatic heterocycles. The third kappa shape index (κ3) is 3.17. The molecule has 0 unspecified atom stereocenters. The van der Waals surface area contributed by atoms with Crippen molar-refractivity contribution < 1.29 is 18.3 Å². The maximum Gasteiger partial charge on any atom is 0.167 e. The van der Waals surface area contributed by atoms with E-state index < -0.39 is 5.82 Å². The highest BCUT2D eigenvalue weighted by atomic mass is 19.1. The highest BCUT2D eigenvalue weighted by molar-refractivity contribution is 5.56. The number of nitrogens with two attached hydrogens (primary N) is 1. The summed E-state index contributed by atoms with van der Waals surface area (Å²) in [5, 5.41) is 0. The molecule has 0 aliphatic carbocycles. The van der Waals surface area contributed by atoms with E-state index in [9.17, 15) is 8.78 Å². The van der Waals surface area contributed by atoms with Crippen molar-refractivity contribution in [3.8, 4) is 11.5 Å². The molecule has 20 heavy (non-hydrogen) atoms. The maximum atomic E-state index is 13.5. The van der Waals surface area contributed by atoms with E-state index in [2.05, 4.69) is 0 Å². The van der Waals surface area contributed by atoms with Crippen LogP contribution in [0.2, 0.25) is 0 Å². The quantitative estimate of drug-likeness (QED) is 0.852. The minimum atomic E-state index is -0.553. The first-order valence-electron chi connectivity index (χ1n) is 6.19. The Hall–Kier alpha value is -2.30. The number of ether oxygens (including phenoxy) is 2. The number of hydrogen-bond acceptors (Lipinski definition) is 3. The number of hydrogen-bond donors (Lipinski definition) is 1. The van der Waals surface area contributed by atoms with Gasteiger partial charge in [0.25, 0.3) is 0 Å². The van der Waals surface area contributed by atoms with Crippen molar-refractivity contribution in [1.82, 2.24) is 0 Å². The normalized spacial score (nSPS) is 10.3. The molecule has 0 saturated heterocycles. The van der Waals surface area contributed by atoms with Gasteiger partial charge in [0.2, 0.25) is 0 Å². The number of rotatable bonds is 5. The van der Waals surface area contributed by atoms with Crippen LogP contribution in [0.15, 0.2) is 36.4 Å². The first kappa shape index (κ1) is 14.1. The minimum Gasteiger partial charge on any atom is -0.491 e. The lowest BCUT2D eigenvalue weighted by Crippen LogP contribution is -2.03. The molecule has 0 fully saturated rings. The number of benzene rings is 2. The Balaban J connectivity index is 2.17. The van der Waals surface area contributed by atoms with E-state index in [1.165, 1.54) is 12.1 Å². The fourth-order valence-electron chi connectivity index (χ4n) is 1.71. The molecular weight excluding hydrogens is 264 g/mol. The van der Waals surface area contributed by atoms with E-state index >= 15 is 0 Å². The molecule has 0 spiro atoms. The van der Waals surface area contributed by atoms with Gasteiger partial charge in [0.15, 0.2) is 11.6 Å². The third-order valence-electron chi connectivity index (χ3n) is 2.71. The van der Waals surface area contributed by atoms with E-state index in [1.54, 1.807) is 25.1 Å². The van der Waals surface area contributed by atoms with Crippen LogP contribution in [0.4, 0.5) is 14.5 Å². The summed E-state index contributed by atoms with van der Waals surface area (Å²) in [6.07, 6.45) is 0. The van der Waals surface area contributed by atoms with Gasteiger partial charge in [-0.15, -0.1) is 0 Å². The summed E-state index contributed by atoms with van der Waals surface area (Å²) in [7, 11) is 0. The number of nitrogen functional groups attached to an aromatic ring is 1. The van der Waals surface area contributed by atoms with Crippen LogP contribution in [0.1, 0.15) is 12.5 Å². The zero-order valence-corrected chi connectivity index (χ0v) is 11.0. The predicted molar refractivity (Wildman–Crippen MR) is 72.7 cm³/mol. The molecule has 2 N–H and O–H groups in total. The fourth-order valence-corrected chi connectivity index (χ4v) is 1.71. The summed E-state index contributed by atoms with van der Waals surface area (Å²) in [5.74, 6) is -0.593. The molecule has 3 nitrogen and oxygen atoms in total. The Kier molecular flexibility index (Phi) is 4.40. The standard InChI is InChI=1S/C15H15F2NO2/c1-2-19-14-8-15(13(18)7-12(14)17)20-9-10-5-3-4-6-11(10)16/h3-8H,2,9,18H2,1H3. The first-order valence-corrected chi connectivity index (χ1v) is 6.19. The second-order valence-corrected chi connectivity index (χ2v) is 4.13. The van der Waals surface area contributed by atoms with Crippen LogP contribution in [0, 0.1) is 11.6 Å². The fraction of sp³-hybridized carbons (Fsp3) is 0.200. The van der Waals surface area contributed by atoms with Gasteiger partial charge in [0.1, 0.15) is 18.2 Å². The van der Waals surface area contributed by atoms with Crippen molar-refractivity contribution >= 4 is 5.69 Å². The second kappa shape index (κ2) is 6.23. The third-order valence-corrected chi connectivity index (χ3v) is 2.71. The average Bonchev–Trinajstić information content (AvgIpc) is 2.42. The number of halogens is 2. The zero-order chi connectivity index (χ0) is 14.5. The molecular formula is C15H15F2NO2. The smallest absolute Gasteiger partial charge is 0.167 e. The molecule has 2 rings (SSSR count). The maximum absolute atomic E-state index is 13.5. The van der Waals surface area contributed by atoms with Crippen LogP contribution >= 0.6 is 0 Å². The van der Waals surface area contributed by atoms with Crippen molar-refractivity contribution in [2.75, 3.05) is 12.3 Å². The SMILES string of the molecule is CCOc1cc(OCc2ccccc2F)c(N)cc1F. The molecule has 0 heterocycles. The summed E-state index contributed by atoms with van der Waals surface area (Å²) in [4.78, 5) is 0. The van der Waals surface area contributed by atoms with Crippen molar-refractivity contribution in [2.45, 2.75) is 13.5 Å². The van der Waals surface area contributed by atoms with Crippen LogP contribution in [0.5, 0.6) is 11.5 Å². The minimum absolute atomic E-state index is 0.00801. The number of anilines is 1. The summed E-state index contributed by atoms with van der Waals surface area (Å²) in [5.41, 5.74) is 6.21. The molecule has 0 aliphatic heterocycles. The summed E-state index contributed by atoms with van der Waals surface area (Å²) >= 11 is 0. The van der Waals surface area contributed by atoms with Crippen LogP contribution in [0.3, 0.4) is 0 Å². The Morgan fingerprint density at radius 1 is 1.00 bits per heavy atom. The van der Waals surface area contributed by atoms with Gasteiger partial charge >= 0.3 is 0 Å². The Labute approximate surface area is 115 Å². The molecule has 0 bridgehead atoms. The van der Waals surface area contributed by atoms with Gasteiger partial charge in [-0.25, -0.2) is 8.78 Å². The molecule has 2 aromatic carbocycles. The summed E-state index contributed by atoms with van der Waals surface area (Å²) < 4.78 is 37.5. The van der Waals surface area contributed by atoms with Gasteiger partial charge in [-0.05, 0) is 13.0 Å². The lowest BCUT2D eigenvalue weighted by molar-refractivity contribution is 0.291. The van der Waals surface area contributed by atoms with E-state index in [4.69, 9.17) is 15.2 Å². The van der Waals surface area contributed by atoms with Gasteiger partial charge in [-0.2, -0.15) is 0 Å². The molecule has 0 amide bonds. The van der Waals surface area contributed by atoms with E-state index in [1.807, 2.05) is 0 Å². The van der Waals surface area contributed by atoms with E-state index in [0.717, 1.165) is 6.07 Å². The van der Waals surface area contributed by atoms with Gasteiger partial charge < -0.3 is 15.2 Å². The van der Waals surface area contributed by atoms with Crippen LogP contribution < -0.4 is 15.2 Å². The predicted octanol–water partition coefficient (Wildman–Crippen LogP) is 3.52. The summed E-state index contributed by atoms with van der Waals surface area (Å²) in [6.45, 7) is 2.08. The topological polar surface area (TPSA) is 44.5 Å². The molecule has 0 aliphatic rings. The van der Waals surface area contributed by atoms with Gasteiger partial charge in [0.05, 0.1) is 12.3 Å². The lowest BCUT2D eigenvalue weighted by atomic mass is 10.2. The van der Waals surface area contributed by atoms with Gasteiger partial charge in [-0.1, -0.05) is 18.2 Å². The average molecular weight is 279 g/mol. The molecule has 0 radical (unpaired) electrons. The lowest BCUT2D eigenvalue weighted by Gasteiger charge is -2.12. The molecule has 106 valence electrons. The molecule has 0 saturated carbocycles. The van der Waals surface area contributed by atoms with Crippen molar-refractivity contribution in [3.05, 3.63) is 53.6 Å². The Bertz CT molecular complexity index is 602. The molecule has 0 atom stereocenters. The first-order chi connectivity index (χ1) is 9.61. The van der Waals surface area contributed by atoms with Crippen LogP contribution in [0.25, 0.3) is 0 Å². The van der Waals surface area contributed by atoms with Crippen molar-refractivity contribution in [2.24, 2.45) is 0 Å². The Morgan fingerprint density at radius 2 is 1.75 bits per heavy atom. The highest BCUT2D eigenvalue weighted by Gasteiger charge is 2.11. The molecule has 5 heteroatoms. The second-order valence-electron chi connectivity index (χ2n) is 4.13. The van der Waals surface area contributed by atoms with Gasteiger partial charge in [-0.3, -0.25) is 0 Å². The van der Waals surface area contributed by atoms with Crippen LogP contribution in [-0.2, 0) is 6.61 Å². The molecule has 2 aromatic rings. The monoisotopic (exact) mass is 279 g/mol. The zero-order valence-electron chi connectivity index (χ0n) is 11.0. The van der Waals surface area contributed by atoms with E-state index in [-0.39, 0.29) is 29.6 Å². The highest BCUT2D eigenvalue weighted by Crippen LogP contribution is 2.30. The Morgan fingerprint density at radius 3 is 2.45 bits per heavy atom. The summed E-state index contributed by atoms with van der Waals surface area (Å²) in [6, 6.07) is 8.76. The van der Waals surface area contributed by atoms with Crippen molar-refractivity contribution in [3.63, 3.8) is 0 Å². The van der Waals surface area contributed by atoms with Gasteiger partial charge in [0, 0.05) is 17.7 Å². The van der Waals surface area contributed by atoms with E-state index in [0.29, 0.717) is 12.2 Å². The van der Waals surface area contributed by atoms with Crippen LogP contribution in [-0.4, -0.2) is 6.61 Å². The largest absolute Gasteiger partial charge is 0.491 e. The van der Waals surface area contributed by atoms with Crippen molar-refractivity contribution in [1.29, 1.82) is 0 Å².